The van der Waals surface area contributed by atoms with Gasteiger partial charge in [-0.05, 0) is 126 Å². The number of para-hydroxylation sites is 2. The van der Waals surface area contributed by atoms with Crippen molar-refractivity contribution in [3.8, 4) is 56.4 Å². The maximum absolute atomic E-state index is 6.83. The molecule has 5 nitrogen and oxygen atoms in total. The Morgan fingerprint density at radius 2 is 0.933 bits per heavy atom. The average Bonchev–Trinajstić information content (AvgIpc) is 3.87. The number of fused-ring (bicyclic) bond motifs is 6. The first-order valence-corrected chi connectivity index (χ1v) is 21.5. The first-order chi connectivity index (χ1) is 29.6. The standard InChI is InChI=1S/C55H41N3O2/c1-3-10-36(11-4-1)39-20-23-49-45(27-39)46-28-40(37-12-5-2-6-13-37)29-47(51(46)60-49)54-57-52(38-18-21-41(22-19-38)55-30-33-24-34(31-55)26-35(25-33)32-55)56-53(58-54)44-16-9-15-43-42-14-7-8-17-48(42)59-50(43)44/h1-23,27-29,33-35H,24-26,30-32H2. The lowest BCUT2D eigenvalue weighted by Gasteiger charge is -2.57. The van der Waals surface area contributed by atoms with E-state index in [9.17, 15) is 0 Å². The predicted octanol–water partition coefficient (Wildman–Crippen LogP) is 14.5. The third-order valence-corrected chi connectivity index (χ3v) is 14.1. The van der Waals surface area contributed by atoms with E-state index in [-0.39, 0.29) is 0 Å². The van der Waals surface area contributed by atoms with Crippen molar-refractivity contribution in [2.24, 2.45) is 17.8 Å². The molecule has 3 aromatic heterocycles. The van der Waals surface area contributed by atoms with Crippen LogP contribution in [-0.2, 0) is 5.41 Å². The smallest absolute Gasteiger partial charge is 0.167 e. The van der Waals surface area contributed by atoms with Gasteiger partial charge >= 0.3 is 0 Å². The number of benzene rings is 7. The predicted molar refractivity (Wildman–Crippen MR) is 241 cm³/mol. The van der Waals surface area contributed by atoms with Crippen LogP contribution in [0.3, 0.4) is 0 Å². The van der Waals surface area contributed by atoms with E-state index in [1.807, 2.05) is 12.1 Å². The molecule has 0 saturated heterocycles. The molecule has 10 aromatic rings. The summed E-state index contributed by atoms with van der Waals surface area (Å²) >= 11 is 0. The molecule has 5 heteroatoms. The molecule has 3 heterocycles. The van der Waals surface area contributed by atoms with Crippen molar-refractivity contribution in [2.75, 3.05) is 0 Å². The second-order valence-corrected chi connectivity index (χ2v) is 17.8. The molecule has 4 saturated carbocycles. The Morgan fingerprint density at radius 1 is 0.383 bits per heavy atom. The highest BCUT2D eigenvalue weighted by molar-refractivity contribution is 6.12. The van der Waals surface area contributed by atoms with Gasteiger partial charge in [-0.15, -0.1) is 0 Å². The van der Waals surface area contributed by atoms with E-state index < -0.39 is 0 Å². The van der Waals surface area contributed by atoms with Gasteiger partial charge in [0.15, 0.2) is 17.5 Å². The van der Waals surface area contributed by atoms with Gasteiger partial charge in [0, 0.05) is 27.1 Å². The molecule has 0 unspecified atom stereocenters. The van der Waals surface area contributed by atoms with Crippen LogP contribution >= 0.6 is 0 Å². The molecule has 0 amide bonds. The normalized spacial score (nSPS) is 20.8. The fourth-order valence-corrected chi connectivity index (χ4v) is 11.8. The van der Waals surface area contributed by atoms with Crippen LogP contribution in [0.15, 0.2) is 167 Å². The molecular weight excluding hydrogens is 735 g/mol. The van der Waals surface area contributed by atoms with Gasteiger partial charge in [0.25, 0.3) is 0 Å². The van der Waals surface area contributed by atoms with Crippen LogP contribution < -0.4 is 0 Å². The monoisotopic (exact) mass is 775 g/mol. The molecule has 60 heavy (non-hydrogen) atoms. The Balaban J connectivity index is 1.03. The number of aromatic nitrogens is 3. The first-order valence-electron chi connectivity index (χ1n) is 21.5. The van der Waals surface area contributed by atoms with Crippen LogP contribution in [0.4, 0.5) is 0 Å². The second kappa shape index (κ2) is 13.1. The maximum Gasteiger partial charge on any atom is 0.167 e. The number of furan rings is 2. The zero-order valence-electron chi connectivity index (χ0n) is 33.1. The minimum Gasteiger partial charge on any atom is -0.455 e. The van der Waals surface area contributed by atoms with Gasteiger partial charge in [-0.2, -0.15) is 0 Å². The third kappa shape index (κ3) is 5.41. The van der Waals surface area contributed by atoms with E-state index in [0.29, 0.717) is 22.9 Å². The summed E-state index contributed by atoms with van der Waals surface area (Å²) in [5.74, 6) is 4.40. The molecule has 4 fully saturated rings. The average molecular weight is 776 g/mol. The van der Waals surface area contributed by atoms with Crippen LogP contribution in [0.2, 0.25) is 0 Å². The highest BCUT2D eigenvalue weighted by Crippen LogP contribution is 2.60. The van der Waals surface area contributed by atoms with Crippen LogP contribution in [0, 0.1) is 17.8 Å². The molecule has 4 bridgehead atoms. The van der Waals surface area contributed by atoms with E-state index >= 15 is 0 Å². The van der Waals surface area contributed by atoms with Gasteiger partial charge in [0.05, 0.1) is 11.1 Å². The molecule has 0 aliphatic heterocycles. The van der Waals surface area contributed by atoms with Gasteiger partial charge in [-0.1, -0.05) is 121 Å². The van der Waals surface area contributed by atoms with Crippen LogP contribution in [0.25, 0.3) is 100 Å². The number of rotatable bonds is 6. The molecule has 0 radical (unpaired) electrons. The number of hydrogen-bond acceptors (Lipinski definition) is 5. The molecule has 0 spiro atoms. The van der Waals surface area contributed by atoms with E-state index in [0.717, 1.165) is 101 Å². The van der Waals surface area contributed by atoms with E-state index in [2.05, 4.69) is 146 Å². The van der Waals surface area contributed by atoms with Crippen molar-refractivity contribution in [1.82, 2.24) is 15.0 Å². The van der Waals surface area contributed by atoms with Crippen molar-refractivity contribution >= 4 is 43.9 Å². The van der Waals surface area contributed by atoms with Gasteiger partial charge < -0.3 is 8.83 Å². The Bertz CT molecular complexity index is 3250. The SMILES string of the molecule is c1ccc(-c2ccc3oc4c(-c5nc(-c6ccc(C78CC9CC(CC(C9)C7)C8)cc6)nc(-c6cccc7c6oc6ccccc67)n5)cc(-c5ccccc5)cc4c3c2)cc1. The summed E-state index contributed by atoms with van der Waals surface area (Å²) < 4.78 is 13.4. The summed E-state index contributed by atoms with van der Waals surface area (Å²) in [6.07, 6.45) is 8.30. The Morgan fingerprint density at radius 3 is 1.65 bits per heavy atom. The minimum atomic E-state index is 0.310. The van der Waals surface area contributed by atoms with Gasteiger partial charge in [-0.3, -0.25) is 0 Å². The molecule has 7 aromatic carbocycles. The highest BCUT2D eigenvalue weighted by Gasteiger charge is 2.51. The second-order valence-electron chi connectivity index (χ2n) is 17.8. The van der Waals surface area contributed by atoms with Crippen LogP contribution in [-0.4, -0.2) is 15.0 Å². The van der Waals surface area contributed by atoms with Crippen molar-refractivity contribution < 1.29 is 8.83 Å². The highest BCUT2D eigenvalue weighted by atomic mass is 16.3. The summed E-state index contributed by atoms with van der Waals surface area (Å²) in [5.41, 5.74) is 12.0. The van der Waals surface area contributed by atoms with Crippen molar-refractivity contribution in [1.29, 1.82) is 0 Å². The minimum absolute atomic E-state index is 0.310. The lowest BCUT2D eigenvalue weighted by molar-refractivity contribution is -0.00518. The Kier molecular flexibility index (Phi) is 7.42. The van der Waals surface area contributed by atoms with Crippen LogP contribution in [0.1, 0.15) is 44.1 Å². The van der Waals surface area contributed by atoms with E-state index in [4.69, 9.17) is 23.8 Å². The van der Waals surface area contributed by atoms with Gasteiger partial charge in [0.1, 0.15) is 22.3 Å². The molecule has 0 atom stereocenters. The molecule has 4 aliphatic rings. The molecular formula is C55H41N3O2. The zero-order valence-corrected chi connectivity index (χ0v) is 33.1. The van der Waals surface area contributed by atoms with Crippen molar-refractivity contribution in [3.63, 3.8) is 0 Å². The quantitative estimate of drug-likeness (QED) is 0.168. The van der Waals surface area contributed by atoms with Crippen LogP contribution in [0.5, 0.6) is 0 Å². The molecule has 0 N–H and O–H groups in total. The zero-order chi connectivity index (χ0) is 39.4. The van der Waals surface area contributed by atoms with E-state index in [1.54, 1.807) is 0 Å². The summed E-state index contributed by atoms with van der Waals surface area (Å²) in [5, 5.41) is 4.17. The molecule has 14 rings (SSSR count). The van der Waals surface area contributed by atoms with Gasteiger partial charge in [-0.25, -0.2) is 15.0 Å². The lowest BCUT2D eigenvalue weighted by Crippen LogP contribution is -2.48. The molecule has 288 valence electrons. The fourth-order valence-electron chi connectivity index (χ4n) is 11.8. The van der Waals surface area contributed by atoms with Crippen molar-refractivity contribution in [3.05, 3.63) is 163 Å². The maximum atomic E-state index is 6.83. The summed E-state index contributed by atoms with van der Waals surface area (Å²) in [6, 6.07) is 55.6. The Labute approximate surface area is 347 Å². The number of nitrogens with zero attached hydrogens (tertiary/aromatic N) is 3. The first kappa shape index (κ1) is 34.1. The van der Waals surface area contributed by atoms with Gasteiger partial charge in [0.2, 0.25) is 0 Å². The number of hydrogen-bond donors (Lipinski definition) is 0. The summed E-state index contributed by atoms with van der Waals surface area (Å²) in [4.78, 5) is 16.0. The van der Waals surface area contributed by atoms with E-state index in [1.165, 1.54) is 44.1 Å². The Hall–Kier alpha value is -6.85. The molecule has 4 aliphatic carbocycles. The third-order valence-electron chi connectivity index (χ3n) is 14.1. The topological polar surface area (TPSA) is 65.0 Å². The van der Waals surface area contributed by atoms with Crippen molar-refractivity contribution in [2.45, 2.75) is 43.9 Å². The lowest BCUT2D eigenvalue weighted by atomic mass is 9.48. The summed E-state index contributed by atoms with van der Waals surface area (Å²) in [7, 11) is 0. The largest absolute Gasteiger partial charge is 0.455 e. The summed E-state index contributed by atoms with van der Waals surface area (Å²) in [6.45, 7) is 0. The fraction of sp³-hybridized carbons (Fsp3) is 0.182.